The molecule has 6 heteroatoms. The zero-order valence-corrected chi connectivity index (χ0v) is 16.1. The van der Waals surface area contributed by atoms with E-state index in [4.69, 9.17) is 4.98 Å². The minimum Gasteiger partial charge on any atom is -0.329 e. The number of carbonyl (C=O) groups excluding carboxylic acids is 1. The van der Waals surface area contributed by atoms with Crippen molar-refractivity contribution in [1.82, 2.24) is 19.3 Å². The molecule has 6 nitrogen and oxygen atoms in total. The quantitative estimate of drug-likeness (QED) is 0.717. The molecular weight excluding hydrogens is 338 g/mol. The molecule has 0 saturated heterocycles. The molecule has 0 fully saturated rings. The van der Waals surface area contributed by atoms with Crippen LogP contribution in [0.25, 0.3) is 11.0 Å². The summed E-state index contributed by atoms with van der Waals surface area (Å²) < 4.78 is 4.03. The fourth-order valence-electron chi connectivity index (χ4n) is 4.50. The van der Waals surface area contributed by atoms with Crippen LogP contribution in [0.5, 0.6) is 0 Å². The minimum atomic E-state index is -0.194. The van der Waals surface area contributed by atoms with E-state index in [1.54, 1.807) is 0 Å². The zero-order chi connectivity index (χ0) is 18.9. The van der Waals surface area contributed by atoms with E-state index in [0.717, 1.165) is 45.9 Å². The number of allylic oxidation sites excluding steroid dienone is 2. The Bertz CT molecular complexity index is 1130. The van der Waals surface area contributed by atoms with E-state index >= 15 is 0 Å². The number of aryl methyl sites for hydroxylation is 1. The zero-order valence-electron chi connectivity index (χ0n) is 16.1. The van der Waals surface area contributed by atoms with Gasteiger partial charge in [-0.3, -0.25) is 14.0 Å². The van der Waals surface area contributed by atoms with Crippen molar-refractivity contribution in [3.63, 3.8) is 0 Å². The second-order valence-electron chi connectivity index (χ2n) is 8.46. The van der Waals surface area contributed by atoms with Gasteiger partial charge in [0, 0.05) is 36.0 Å². The number of para-hydroxylation sites is 2. The highest BCUT2D eigenvalue weighted by Crippen LogP contribution is 2.47. The summed E-state index contributed by atoms with van der Waals surface area (Å²) in [5.41, 5.74) is 5.90. The first-order valence-electron chi connectivity index (χ1n) is 9.34. The second-order valence-corrected chi connectivity index (χ2v) is 8.46. The van der Waals surface area contributed by atoms with Gasteiger partial charge in [0.1, 0.15) is 0 Å². The molecule has 27 heavy (non-hydrogen) atoms. The molecule has 0 spiro atoms. The van der Waals surface area contributed by atoms with Crippen molar-refractivity contribution in [1.29, 1.82) is 0 Å². The molecule has 0 saturated carbocycles. The number of nitrogens with one attached hydrogen (secondary N) is 1. The Balaban J connectivity index is 1.82. The van der Waals surface area contributed by atoms with Crippen LogP contribution < -0.4 is 5.32 Å². The lowest BCUT2D eigenvalue weighted by Crippen LogP contribution is -2.36. The Morgan fingerprint density at radius 2 is 2.00 bits per heavy atom. The molecule has 1 aliphatic heterocycles. The molecule has 5 rings (SSSR count). The monoisotopic (exact) mass is 361 g/mol. The summed E-state index contributed by atoms with van der Waals surface area (Å²) in [4.78, 5) is 18.1. The van der Waals surface area contributed by atoms with Crippen molar-refractivity contribution < 1.29 is 4.79 Å². The number of aromatic nitrogens is 4. The molecule has 1 aromatic carbocycles. The van der Waals surface area contributed by atoms with Gasteiger partial charge in [0.25, 0.3) is 0 Å². The fraction of sp³-hybridized carbons (Fsp3) is 0.381. The molecule has 2 aromatic heterocycles. The van der Waals surface area contributed by atoms with Gasteiger partial charge in [-0.15, -0.1) is 0 Å². The number of imidazole rings is 1. The minimum absolute atomic E-state index is 0.0500. The molecule has 1 atom stereocenters. The maximum Gasteiger partial charge on any atom is 0.209 e. The number of Topliss-reactive ketones (excluding diaryl/α,β-unsaturated/α-hetero) is 1. The van der Waals surface area contributed by atoms with Crippen molar-refractivity contribution in [3.8, 4) is 0 Å². The van der Waals surface area contributed by atoms with E-state index in [0.29, 0.717) is 6.42 Å². The molecule has 3 aromatic rings. The molecule has 2 aliphatic rings. The van der Waals surface area contributed by atoms with Gasteiger partial charge in [0.15, 0.2) is 5.78 Å². The number of anilines is 1. The second kappa shape index (κ2) is 5.31. The Hall–Kier alpha value is -2.89. The maximum atomic E-state index is 13.3. The predicted octanol–water partition coefficient (Wildman–Crippen LogP) is 3.74. The van der Waals surface area contributed by atoms with E-state index in [2.05, 4.69) is 41.8 Å². The largest absolute Gasteiger partial charge is 0.329 e. The van der Waals surface area contributed by atoms with Gasteiger partial charge in [-0.05, 0) is 30.9 Å². The lowest BCUT2D eigenvalue weighted by atomic mass is 9.73. The van der Waals surface area contributed by atoms with Crippen LogP contribution in [0, 0.1) is 12.3 Å². The molecule has 0 bridgehead atoms. The molecule has 0 amide bonds. The Morgan fingerprint density at radius 1 is 1.22 bits per heavy atom. The van der Waals surface area contributed by atoms with E-state index in [-0.39, 0.29) is 17.2 Å². The van der Waals surface area contributed by atoms with E-state index in [1.807, 2.05) is 36.1 Å². The third-order valence-corrected chi connectivity index (χ3v) is 5.88. The number of nitrogens with zero attached hydrogens (tertiary/aromatic N) is 4. The average Bonchev–Trinajstić information content (AvgIpc) is 3.12. The van der Waals surface area contributed by atoms with Gasteiger partial charge in [0.05, 0.1) is 23.3 Å². The van der Waals surface area contributed by atoms with Crippen molar-refractivity contribution in [2.24, 2.45) is 12.5 Å². The van der Waals surface area contributed by atoms with Gasteiger partial charge < -0.3 is 5.32 Å². The molecule has 0 radical (unpaired) electrons. The lowest BCUT2D eigenvalue weighted by Gasteiger charge is -2.39. The summed E-state index contributed by atoms with van der Waals surface area (Å²) in [6.45, 7) is 6.36. The summed E-state index contributed by atoms with van der Waals surface area (Å²) in [5.74, 6) is 1.01. The first-order chi connectivity index (χ1) is 12.9. The number of ketones is 1. The highest BCUT2D eigenvalue weighted by atomic mass is 16.1. The number of benzene rings is 1. The number of hydrogen-bond acceptors (Lipinski definition) is 4. The standard InChI is InChI=1S/C21H23N5O/c1-12-13(11-22-25(12)4)19-18-15(9-21(2,3)10-17(18)27)24-20-23-14-7-5-6-8-16(14)26(19)20/h5-8,11,19H,9-10H2,1-4H3,(H,23,24)/t19-/m0/s1. The van der Waals surface area contributed by atoms with Crippen LogP contribution in [0.3, 0.4) is 0 Å². The molecule has 1 aliphatic carbocycles. The summed E-state index contributed by atoms with van der Waals surface area (Å²) in [6, 6.07) is 7.89. The van der Waals surface area contributed by atoms with E-state index in [9.17, 15) is 4.79 Å². The van der Waals surface area contributed by atoms with Crippen molar-refractivity contribution in [3.05, 3.63) is 53.0 Å². The van der Waals surface area contributed by atoms with Gasteiger partial charge in [-0.1, -0.05) is 26.0 Å². The van der Waals surface area contributed by atoms with Crippen molar-refractivity contribution in [2.45, 2.75) is 39.7 Å². The Kier molecular flexibility index (Phi) is 3.21. The maximum absolute atomic E-state index is 13.3. The van der Waals surface area contributed by atoms with Crippen LogP contribution in [0.4, 0.5) is 5.95 Å². The highest BCUT2D eigenvalue weighted by Gasteiger charge is 2.42. The number of hydrogen-bond donors (Lipinski definition) is 1. The lowest BCUT2D eigenvalue weighted by molar-refractivity contribution is -0.118. The molecule has 138 valence electrons. The smallest absolute Gasteiger partial charge is 0.209 e. The first-order valence-corrected chi connectivity index (χ1v) is 9.34. The molecular formula is C21H23N5O. The van der Waals surface area contributed by atoms with Crippen LogP contribution in [0.1, 0.15) is 44.0 Å². The van der Waals surface area contributed by atoms with Gasteiger partial charge in [-0.2, -0.15) is 5.10 Å². The van der Waals surface area contributed by atoms with E-state index < -0.39 is 0 Å². The summed E-state index contributed by atoms with van der Waals surface area (Å²) in [7, 11) is 1.94. The van der Waals surface area contributed by atoms with Crippen LogP contribution >= 0.6 is 0 Å². The SMILES string of the molecule is Cc1c([C@H]2C3=C(CC(C)(C)CC3=O)Nc3nc4ccccc4n32)cnn1C. The highest BCUT2D eigenvalue weighted by molar-refractivity contribution is 6.01. The molecule has 0 unspecified atom stereocenters. The van der Waals surface area contributed by atoms with E-state index in [1.165, 1.54) is 0 Å². The summed E-state index contributed by atoms with van der Waals surface area (Å²) >= 11 is 0. The average molecular weight is 361 g/mol. The van der Waals surface area contributed by atoms with Gasteiger partial charge in [-0.25, -0.2) is 4.98 Å². The molecule has 3 heterocycles. The third-order valence-electron chi connectivity index (χ3n) is 5.88. The van der Waals surface area contributed by atoms with Crippen LogP contribution in [0.2, 0.25) is 0 Å². The van der Waals surface area contributed by atoms with Crippen LogP contribution in [0.15, 0.2) is 41.7 Å². The third kappa shape index (κ3) is 2.29. The number of fused-ring (bicyclic) bond motifs is 3. The van der Waals surface area contributed by atoms with Crippen molar-refractivity contribution in [2.75, 3.05) is 5.32 Å². The van der Waals surface area contributed by atoms with Crippen LogP contribution in [-0.2, 0) is 11.8 Å². The fourth-order valence-corrected chi connectivity index (χ4v) is 4.50. The van der Waals surface area contributed by atoms with Crippen molar-refractivity contribution >= 4 is 22.8 Å². The number of rotatable bonds is 1. The number of carbonyl (C=O) groups is 1. The molecule has 1 N–H and O–H groups in total. The normalized spacial score (nSPS) is 21.2. The Morgan fingerprint density at radius 3 is 2.74 bits per heavy atom. The van der Waals surface area contributed by atoms with Gasteiger partial charge in [0.2, 0.25) is 5.95 Å². The topological polar surface area (TPSA) is 64.7 Å². The Labute approximate surface area is 157 Å². The summed E-state index contributed by atoms with van der Waals surface area (Å²) in [6.07, 6.45) is 3.29. The summed E-state index contributed by atoms with van der Waals surface area (Å²) in [5, 5.41) is 7.93. The van der Waals surface area contributed by atoms with Crippen LogP contribution in [-0.4, -0.2) is 25.1 Å². The first kappa shape index (κ1) is 16.3. The van der Waals surface area contributed by atoms with Gasteiger partial charge >= 0.3 is 0 Å². The predicted molar refractivity (Wildman–Crippen MR) is 104 cm³/mol.